The van der Waals surface area contributed by atoms with E-state index in [1.54, 1.807) is 12.1 Å². The van der Waals surface area contributed by atoms with Gasteiger partial charge in [-0.15, -0.1) is 0 Å². The molecule has 0 radical (unpaired) electrons. The summed E-state index contributed by atoms with van der Waals surface area (Å²) in [6, 6.07) is 8.57. The van der Waals surface area contributed by atoms with Crippen molar-refractivity contribution in [3.8, 4) is 0 Å². The molecule has 1 N–H and O–H groups in total. The van der Waals surface area contributed by atoms with Crippen molar-refractivity contribution in [3.63, 3.8) is 0 Å². The number of rotatable bonds is 8. The zero-order valence-electron chi connectivity index (χ0n) is 19.3. The highest BCUT2D eigenvalue weighted by molar-refractivity contribution is 7.91. The lowest BCUT2D eigenvalue weighted by Gasteiger charge is -2.35. The van der Waals surface area contributed by atoms with Crippen molar-refractivity contribution in [2.24, 2.45) is 0 Å². The summed E-state index contributed by atoms with van der Waals surface area (Å²) in [6.07, 6.45) is 3.07. The van der Waals surface area contributed by atoms with Gasteiger partial charge in [-0.25, -0.2) is 17.5 Å². The Morgan fingerprint density at radius 2 is 1.51 bits per heavy atom. The quantitative estimate of drug-likeness (QED) is 0.532. The third-order valence-corrected chi connectivity index (χ3v) is 9.13. The van der Waals surface area contributed by atoms with Crippen molar-refractivity contribution in [2.75, 3.05) is 26.2 Å². The Kier molecular flexibility index (Phi) is 7.12. The number of nitrogens with zero attached hydrogens (tertiary/aromatic N) is 2. The van der Waals surface area contributed by atoms with Crippen molar-refractivity contribution in [3.05, 3.63) is 68.4 Å². The van der Waals surface area contributed by atoms with E-state index >= 15 is 0 Å². The van der Waals surface area contributed by atoms with Crippen molar-refractivity contribution in [2.45, 2.75) is 49.9 Å². The van der Waals surface area contributed by atoms with Crippen LogP contribution in [-0.2, 0) is 23.1 Å². The molecule has 3 fully saturated rings. The van der Waals surface area contributed by atoms with Crippen LogP contribution in [0.1, 0.15) is 58.6 Å². The smallest absolute Gasteiger partial charge is 0.267 e. The second-order valence-corrected chi connectivity index (χ2v) is 12.6. The Balaban J connectivity index is 1.24. The molecule has 2 saturated carbocycles. The average Bonchev–Trinajstić information content (AvgIpc) is 3.67. The molecular formula is C25H28Cl2FN3O3S. The van der Waals surface area contributed by atoms with Gasteiger partial charge >= 0.3 is 0 Å². The second kappa shape index (κ2) is 9.98. The molecule has 0 aromatic heterocycles. The van der Waals surface area contributed by atoms with Crippen LogP contribution in [0, 0.1) is 5.82 Å². The number of nitrogens with one attached hydrogen (secondary N) is 1. The highest BCUT2D eigenvalue weighted by atomic mass is 35.5. The van der Waals surface area contributed by atoms with E-state index in [4.69, 9.17) is 23.2 Å². The topological polar surface area (TPSA) is 69.7 Å². The number of hydrogen-bond acceptors (Lipinski definition) is 5. The molecule has 0 unspecified atom stereocenters. The van der Waals surface area contributed by atoms with Crippen LogP contribution in [0.2, 0.25) is 10.0 Å². The number of hydrogen-bond donors (Lipinski definition) is 1. The first-order valence-corrected chi connectivity index (χ1v) is 14.3. The predicted octanol–water partition coefficient (Wildman–Crippen LogP) is 4.55. The Hall–Kier alpha value is -1.71. The van der Waals surface area contributed by atoms with E-state index in [0.717, 1.165) is 62.3 Å². The molecule has 2 aromatic carbocycles. The van der Waals surface area contributed by atoms with Gasteiger partial charge in [0.15, 0.2) is 0 Å². The number of amides is 1. The van der Waals surface area contributed by atoms with Gasteiger partial charge in [0.05, 0.1) is 10.8 Å². The first kappa shape index (κ1) is 25.0. The van der Waals surface area contributed by atoms with E-state index in [-0.39, 0.29) is 5.56 Å². The monoisotopic (exact) mass is 539 g/mol. The maximum absolute atomic E-state index is 15.0. The van der Waals surface area contributed by atoms with Crippen molar-refractivity contribution >= 4 is 39.1 Å². The molecule has 0 spiro atoms. The van der Waals surface area contributed by atoms with Gasteiger partial charge in [-0.05, 0) is 78.6 Å². The summed E-state index contributed by atoms with van der Waals surface area (Å²) in [5.74, 6) is -1.26. The second-order valence-electron chi connectivity index (χ2n) is 9.81. The third kappa shape index (κ3) is 6.17. The Morgan fingerprint density at radius 1 is 0.914 bits per heavy atom. The first-order chi connectivity index (χ1) is 16.7. The normalized spacial score (nSPS) is 19.6. The molecule has 1 heterocycles. The fourth-order valence-electron chi connectivity index (χ4n) is 4.67. The average molecular weight is 540 g/mol. The molecule has 0 atom stereocenters. The SMILES string of the molecule is O=C(NS(=O)(=O)C1CC1)c1cc(C2CC2)c(CN2CCN(Cc3cc(Cl)cc(Cl)c3)CC2)cc1F. The van der Waals surface area contributed by atoms with Gasteiger partial charge in [0, 0.05) is 49.3 Å². The molecule has 10 heteroatoms. The highest BCUT2D eigenvalue weighted by Crippen LogP contribution is 2.43. The molecule has 188 valence electrons. The fraction of sp³-hybridized carbons (Fsp3) is 0.480. The molecule has 1 aliphatic heterocycles. The van der Waals surface area contributed by atoms with E-state index in [1.165, 1.54) is 6.07 Å². The molecule has 0 bridgehead atoms. The van der Waals surface area contributed by atoms with Gasteiger partial charge in [0.25, 0.3) is 5.91 Å². The number of carbonyl (C=O) groups is 1. The Morgan fingerprint density at radius 3 is 2.09 bits per heavy atom. The van der Waals surface area contributed by atoms with Crippen LogP contribution < -0.4 is 4.72 Å². The summed E-state index contributed by atoms with van der Waals surface area (Å²) in [6.45, 7) is 4.77. The van der Waals surface area contributed by atoms with Gasteiger partial charge < -0.3 is 0 Å². The maximum Gasteiger partial charge on any atom is 0.267 e. The molecule has 6 nitrogen and oxygen atoms in total. The maximum atomic E-state index is 15.0. The largest absolute Gasteiger partial charge is 0.297 e. The van der Waals surface area contributed by atoms with Crippen LogP contribution in [0.4, 0.5) is 4.39 Å². The molecule has 5 rings (SSSR count). The number of piperazine rings is 1. The van der Waals surface area contributed by atoms with Crippen LogP contribution in [-0.4, -0.2) is 55.6 Å². The highest BCUT2D eigenvalue weighted by Gasteiger charge is 2.38. The van der Waals surface area contributed by atoms with Crippen LogP contribution in [0.25, 0.3) is 0 Å². The van der Waals surface area contributed by atoms with Gasteiger partial charge in [-0.2, -0.15) is 0 Å². The summed E-state index contributed by atoms with van der Waals surface area (Å²) in [7, 11) is -3.73. The fourth-order valence-corrected chi connectivity index (χ4v) is 6.53. The van der Waals surface area contributed by atoms with Gasteiger partial charge in [-0.1, -0.05) is 23.2 Å². The van der Waals surface area contributed by atoms with Crippen LogP contribution >= 0.6 is 23.2 Å². The molecule has 2 aliphatic carbocycles. The lowest BCUT2D eigenvalue weighted by molar-refractivity contribution is 0.0977. The lowest BCUT2D eigenvalue weighted by atomic mass is 9.98. The third-order valence-electron chi connectivity index (χ3n) is 6.88. The van der Waals surface area contributed by atoms with Gasteiger partial charge in [0.2, 0.25) is 10.0 Å². The van der Waals surface area contributed by atoms with Gasteiger partial charge in [0.1, 0.15) is 5.82 Å². The summed E-state index contributed by atoms with van der Waals surface area (Å²) >= 11 is 12.2. The summed E-state index contributed by atoms with van der Waals surface area (Å²) < 4.78 is 41.3. The lowest BCUT2D eigenvalue weighted by Crippen LogP contribution is -2.45. The van der Waals surface area contributed by atoms with Crippen molar-refractivity contribution < 1.29 is 17.6 Å². The van der Waals surface area contributed by atoms with Crippen LogP contribution in [0.5, 0.6) is 0 Å². The minimum absolute atomic E-state index is 0.190. The van der Waals surface area contributed by atoms with Crippen molar-refractivity contribution in [1.82, 2.24) is 14.5 Å². The predicted molar refractivity (Wildman–Crippen MR) is 135 cm³/mol. The van der Waals surface area contributed by atoms with Crippen LogP contribution in [0.3, 0.4) is 0 Å². The van der Waals surface area contributed by atoms with E-state index in [0.29, 0.717) is 35.3 Å². The summed E-state index contributed by atoms with van der Waals surface area (Å²) in [5, 5.41) is 0.720. The minimum atomic E-state index is -3.73. The van der Waals surface area contributed by atoms with E-state index in [1.807, 2.05) is 12.1 Å². The number of carbonyl (C=O) groups excluding carboxylic acids is 1. The van der Waals surface area contributed by atoms with E-state index in [2.05, 4.69) is 14.5 Å². The summed E-state index contributed by atoms with van der Waals surface area (Å²) in [4.78, 5) is 17.2. The van der Waals surface area contributed by atoms with Crippen molar-refractivity contribution in [1.29, 1.82) is 0 Å². The zero-order chi connectivity index (χ0) is 24.7. The molecular weight excluding hydrogens is 512 g/mol. The molecule has 35 heavy (non-hydrogen) atoms. The minimum Gasteiger partial charge on any atom is -0.297 e. The number of sulfonamides is 1. The van der Waals surface area contributed by atoms with Crippen LogP contribution in [0.15, 0.2) is 30.3 Å². The first-order valence-electron chi connectivity index (χ1n) is 12.0. The standard InChI is InChI=1S/C25H28Cl2FN3O3S/c26-19-9-16(10-20(27)12-19)14-30-5-7-31(8-6-30)15-18-11-24(28)23(13-22(18)17-1-2-17)25(32)29-35(33,34)21-3-4-21/h9-13,17,21H,1-8,14-15H2,(H,29,32). The van der Waals surface area contributed by atoms with E-state index in [9.17, 15) is 17.6 Å². The summed E-state index contributed by atoms with van der Waals surface area (Å²) in [5.41, 5.74) is 2.72. The molecule has 1 amide bonds. The number of benzene rings is 2. The Bertz CT molecular complexity index is 1220. The Labute approximate surface area is 215 Å². The van der Waals surface area contributed by atoms with E-state index < -0.39 is 27.0 Å². The molecule has 3 aliphatic rings. The zero-order valence-corrected chi connectivity index (χ0v) is 21.6. The van der Waals surface area contributed by atoms with Gasteiger partial charge in [-0.3, -0.25) is 14.6 Å². The number of halogens is 3. The molecule has 2 aromatic rings. The molecule has 1 saturated heterocycles.